The van der Waals surface area contributed by atoms with E-state index in [1.165, 1.54) is 12.8 Å². The van der Waals surface area contributed by atoms with Gasteiger partial charge in [0.15, 0.2) is 0 Å². The number of morpholine rings is 1. The zero-order valence-corrected chi connectivity index (χ0v) is 18.1. The van der Waals surface area contributed by atoms with E-state index in [4.69, 9.17) is 9.15 Å². The highest BCUT2D eigenvalue weighted by Gasteiger charge is 2.35. The van der Waals surface area contributed by atoms with E-state index in [1.54, 1.807) is 0 Å². The Morgan fingerprint density at radius 1 is 1.14 bits per heavy atom. The van der Waals surface area contributed by atoms with Crippen LogP contribution in [-0.2, 0) is 9.53 Å². The van der Waals surface area contributed by atoms with E-state index < -0.39 is 0 Å². The Morgan fingerprint density at radius 2 is 1.79 bits per heavy atom. The molecule has 1 amide bonds. The van der Waals surface area contributed by atoms with Gasteiger partial charge in [-0.15, -0.1) is 0 Å². The summed E-state index contributed by atoms with van der Waals surface area (Å²) in [6.07, 6.45) is 2.73. The number of carbonyl (C=O) groups is 1. The third-order valence-corrected chi connectivity index (χ3v) is 5.88. The van der Waals surface area contributed by atoms with Crippen LogP contribution >= 0.6 is 0 Å². The van der Waals surface area contributed by atoms with Gasteiger partial charge in [0.25, 0.3) is 0 Å². The van der Waals surface area contributed by atoms with E-state index in [9.17, 15) is 4.79 Å². The number of rotatable bonds is 7. The minimum Gasteiger partial charge on any atom is -0.465 e. The number of aryl methyl sites for hydroxylation is 1. The smallest absolute Gasteiger partial charge is 0.237 e. The van der Waals surface area contributed by atoms with Crippen molar-refractivity contribution in [2.75, 3.05) is 32.7 Å². The molecule has 0 saturated carbocycles. The first-order valence-corrected chi connectivity index (χ1v) is 10.8. The third-order valence-electron chi connectivity index (χ3n) is 5.88. The fourth-order valence-electron chi connectivity index (χ4n) is 4.73. The summed E-state index contributed by atoms with van der Waals surface area (Å²) in [5, 5.41) is 3.25. The van der Waals surface area contributed by atoms with Gasteiger partial charge >= 0.3 is 0 Å². The predicted octanol–water partition coefficient (Wildman–Crippen LogP) is 2.97. The molecule has 3 rings (SSSR count). The van der Waals surface area contributed by atoms with Crippen LogP contribution in [0.3, 0.4) is 0 Å². The number of nitrogens with one attached hydrogen (secondary N) is 1. The summed E-state index contributed by atoms with van der Waals surface area (Å²) in [4.78, 5) is 17.9. The minimum absolute atomic E-state index is 0.107. The van der Waals surface area contributed by atoms with E-state index in [1.807, 2.05) is 13.0 Å². The van der Waals surface area contributed by atoms with Crippen molar-refractivity contribution in [1.82, 2.24) is 15.1 Å². The lowest BCUT2D eigenvalue weighted by Gasteiger charge is -2.41. The molecule has 6 nitrogen and oxygen atoms in total. The molecule has 0 spiro atoms. The van der Waals surface area contributed by atoms with Gasteiger partial charge in [0, 0.05) is 19.6 Å². The van der Waals surface area contributed by atoms with Crippen LogP contribution in [0.5, 0.6) is 0 Å². The average Bonchev–Trinajstić information content (AvgIpc) is 3.26. The van der Waals surface area contributed by atoms with E-state index in [0.717, 1.165) is 37.7 Å². The van der Waals surface area contributed by atoms with E-state index in [2.05, 4.69) is 48.9 Å². The lowest BCUT2D eigenvalue weighted by Crippen LogP contribution is -2.57. The standard InChI is InChI=1S/C22H37N3O3/c1-15(2)21(25-13-17(4)27-18(5)14-25)22(26)23-12-19(24-10-6-7-11-24)20-9-8-16(3)28-20/h8-9,15,17-19,21H,6-7,10-14H2,1-5H3,(H,23,26). The highest BCUT2D eigenvalue weighted by atomic mass is 16.5. The molecule has 4 atom stereocenters. The van der Waals surface area contributed by atoms with Crippen molar-refractivity contribution < 1.29 is 13.9 Å². The fraction of sp³-hybridized carbons (Fsp3) is 0.773. The van der Waals surface area contributed by atoms with Crippen LogP contribution in [0, 0.1) is 12.8 Å². The quantitative estimate of drug-likeness (QED) is 0.774. The summed E-state index contributed by atoms with van der Waals surface area (Å²) in [5.74, 6) is 2.23. The average molecular weight is 392 g/mol. The van der Waals surface area contributed by atoms with Crippen molar-refractivity contribution in [3.63, 3.8) is 0 Å². The minimum atomic E-state index is -0.133. The molecule has 0 aliphatic carbocycles. The van der Waals surface area contributed by atoms with Crippen molar-refractivity contribution in [2.45, 2.75) is 71.8 Å². The Balaban J connectivity index is 1.67. The molecule has 1 N–H and O–H groups in total. The number of nitrogens with zero attached hydrogens (tertiary/aromatic N) is 2. The van der Waals surface area contributed by atoms with E-state index in [0.29, 0.717) is 6.54 Å². The van der Waals surface area contributed by atoms with Crippen molar-refractivity contribution in [3.05, 3.63) is 23.7 Å². The Bertz CT molecular complexity index is 629. The largest absolute Gasteiger partial charge is 0.465 e. The summed E-state index contributed by atoms with van der Waals surface area (Å²) >= 11 is 0. The van der Waals surface area contributed by atoms with E-state index in [-0.39, 0.29) is 36.1 Å². The molecule has 1 aromatic heterocycles. The van der Waals surface area contributed by atoms with Gasteiger partial charge < -0.3 is 14.5 Å². The summed E-state index contributed by atoms with van der Waals surface area (Å²) in [5.41, 5.74) is 0. The van der Waals surface area contributed by atoms with Gasteiger partial charge in [0.1, 0.15) is 11.5 Å². The molecule has 2 saturated heterocycles. The molecule has 28 heavy (non-hydrogen) atoms. The predicted molar refractivity (Wildman–Crippen MR) is 110 cm³/mol. The maximum absolute atomic E-state index is 13.2. The zero-order valence-electron chi connectivity index (χ0n) is 18.1. The highest BCUT2D eigenvalue weighted by molar-refractivity contribution is 5.82. The molecule has 158 valence electrons. The zero-order chi connectivity index (χ0) is 20.3. The Labute approximate surface area is 169 Å². The molecule has 0 radical (unpaired) electrons. The first-order chi connectivity index (χ1) is 13.3. The second-order valence-corrected chi connectivity index (χ2v) is 8.85. The number of furan rings is 1. The third kappa shape index (κ3) is 5.16. The second kappa shape index (κ2) is 9.42. The fourth-order valence-corrected chi connectivity index (χ4v) is 4.73. The maximum atomic E-state index is 13.2. The molecule has 2 aliphatic heterocycles. The molecule has 3 heterocycles. The summed E-state index contributed by atoms with van der Waals surface area (Å²) in [6.45, 7) is 14.7. The Kier molecular flexibility index (Phi) is 7.18. The van der Waals surface area contributed by atoms with Gasteiger partial charge in [-0.25, -0.2) is 0 Å². The lowest BCUT2D eigenvalue weighted by molar-refractivity contribution is -0.135. The molecule has 4 unspecified atom stereocenters. The van der Waals surface area contributed by atoms with Gasteiger partial charge in [-0.05, 0) is 64.8 Å². The Hall–Kier alpha value is -1.37. The number of hydrogen-bond acceptors (Lipinski definition) is 5. The molecule has 1 aromatic rings. The van der Waals surface area contributed by atoms with Crippen LogP contribution < -0.4 is 5.32 Å². The number of carbonyl (C=O) groups excluding carboxylic acids is 1. The Morgan fingerprint density at radius 3 is 2.32 bits per heavy atom. The van der Waals surface area contributed by atoms with Crippen molar-refractivity contribution in [3.8, 4) is 0 Å². The number of hydrogen-bond donors (Lipinski definition) is 1. The maximum Gasteiger partial charge on any atom is 0.237 e. The second-order valence-electron chi connectivity index (χ2n) is 8.85. The van der Waals surface area contributed by atoms with Crippen molar-refractivity contribution in [1.29, 1.82) is 0 Å². The molecule has 6 heteroatoms. The number of likely N-dealkylation sites (tertiary alicyclic amines) is 1. The van der Waals surface area contributed by atoms with Crippen LogP contribution in [0.25, 0.3) is 0 Å². The molecule has 0 aromatic carbocycles. The van der Waals surface area contributed by atoms with E-state index >= 15 is 0 Å². The van der Waals surface area contributed by atoms with Gasteiger partial charge in [-0.2, -0.15) is 0 Å². The van der Waals surface area contributed by atoms with Gasteiger partial charge in [-0.3, -0.25) is 14.6 Å². The van der Waals surface area contributed by atoms with Crippen LogP contribution in [0.15, 0.2) is 16.5 Å². The van der Waals surface area contributed by atoms with Crippen molar-refractivity contribution in [2.24, 2.45) is 5.92 Å². The SMILES string of the molecule is Cc1ccc(C(CNC(=O)C(C(C)C)N2CC(C)OC(C)C2)N2CCCC2)o1. The topological polar surface area (TPSA) is 58.0 Å². The van der Waals surface area contributed by atoms with Crippen LogP contribution in [0.2, 0.25) is 0 Å². The number of ether oxygens (including phenoxy) is 1. The first kappa shape index (κ1) is 21.3. The summed E-state index contributed by atoms with van der Waals surface area (Å²) < 4.78 is 11.8. The molecular weight excluding hydrogens is 354 g/mol. The summed E-state index contributed by atoms with van der Waals surface area (Å²) in [7, 11) is 0. The van der Waals surface area contributed by atoms with Gasteiger partial charge in [0.2, 0.25) is 5.91 Å². The van der Waals surface area contributed by atoms with Crippen LogP contribution in [0.4, 0.5) is 0 Å². The van der Waals surface area contributed by atoms with Gasteiger partial charge in [-0.1, -0.05) is 13.8 Å². The monoisotopic (exact) mass is 391 g/mol. The van der Waals surface area contributed by atoms with Crippen LogP contribution in [0.1, 0.15) is 58.1 Å². The number of amides is 1. The normalized spacial score (nSPS) is 26.5. The summed E-state index contributed by atoms with van der Waals surface area (Å²) in [6, 6.07) is 4.03. The molecular formula is C22H37N3O3. The lowest BCUT2D eigenvalue weighted by atomic mass is 9.99. The molecule has 2 fully saturated rings. The van der Waals surface area contributed by atoms with Crippen LogP contribution in [-0.4, -0.2) is 66.7 Å². The molecule has 2 aliphatic rings. The first-order valence-electron chi connectivity index (χ1n) is 10.8. The molecule has 0 bridgehead atoms. The highest BCUT2D eigenvalue weighted by Crippen LogP contribution is 2.26. The van der Waals surface area contributed by atoms with Gasteiger partial charge in [0.05, 0.1) is 24.3 Å². The van der Waals surface area contributed by atoms with Crippen molar-refractivity contribution >= 4 is 5.91 Å².